The van der Waals surface area contributed by atoms with Gasteiger partial charge in [0.2, 0.25) is 5.69 Å². The predicted molar refractivity (Wildman–Crippen MR) is 145 cm³/mol. The Morgan fingerprint density at radius 2 is 1.59 bits per heavy atom. The number of rotatable bonds is 5. The molecule has 0 bridgehead atoms. The van der Waals surface area contributed by atoms with Crippen LogP contribution in [0.4, 0.5) is 11.4 Å². The maximum absolute atomic E-state index is 6.26. The molecule has 0 saturated heterocycles. The predicted octanol–water partition coefficient (Wildman–Crippen LogP) is 7.33. The first-order chi connectivity index (χ1) is 16.1. The molecule has 4 rings (SSSR count). The Hall–Kier alpha value is -3.04. The minimum absolute atomic E-state index is 0.0836. The summed E-state index contributed by atoms with van der Waals surface area (Å²) in [4.78, 5) is 2.25. The number of benzene rings is 2. The number of likely N-dealkylation sites (N-methyl/N-ethyl adjacent to an activating group) is 1. The highest BCUT2D eigenvalue weighted by Gasteiger charge is 2.43. The van der Waals surface area contributed by atoms with Crippen molar-refractivity contribution in [2.75, 3.05) is 26.1 Å². The van der Waals surface area contributed by atoms with Gasteiger partial charge in [-0.25, -0.2) is 0 Å². The first kappa shape index (κ1) is 24.1. The van der Waals surface area contributed by atoms with Crippen molar-refractivity contribution in [2.45, 2.75) is 38.5 Å². The molecule has 0 aliphatic carbocycles. The maximum atomic E-state index is 6.26. The highest BCUT2D eigenvalue weighted by atomic mass is 35.5. The van der Waals surface area contributed by atoms with Crippen molar-refractivity contribution >= 4 is 28.7 Å². The Kier molecular flexibility index (Phi) is 6.35. The van der Waals surface area contributed by atoms with E-state index < -0.39 is 0 Å². The molecule has 34 heavy (non-hydrogen) atoms. The fourth-order valence-electron chi connectivity index (χ4n) is 5.24. The minimum Gasteiger partial charge on any atom is -0.497 e. The van der Waals surface area contributed by atoms with Gasteiger partial charge < -0.3 is 9.64 Å². The summed E-state index contributed by atoms with van der Waals surface area (Å²) < 4.78 is 7.71. The molecule has 2 aromatic carbocycles. The molecule has 0 aromatic heterocycles. The Bertz CT molecular complexity index is 1270. The molecule has 0 N–H and O–H groups in total. The lowest BCUT2D eigenvalue weighted by Crippen LogP contribution is -2.26. The molecule has 0 atom stereocenters. The number of anilines is 1. The smallest absolute Gasteiger partial charge is 0.209 e. The second-order valence-corrected chi connectivity index (χ2v) is 10.4. The van der Waals surface area contributed by atoms with E-state index in [1.165, 1.54) is 33.9 Å². The average Bonchev–Trinajstić information content (AvgIpc) is 3.11. The van der Waals surface area contributed by atoms with E-state index in [9.17, 15) is 0 Å². The summed E-state index contributed by atoms with van der Waals surface area (Å²) in [5.74, 6) is 0.895. The first-order valence-corrected chi connectivity index (χ1v) is 12.0. The molecule has 3 nitrogen and oxygen atoms in total. The van der Waals surface area contributed by atoms with Crippen LogP contribution < -0.4 is 9.64 Å². The Labute approximate surface area is 209 Å². The van der Waals surface area contributed by atoms with Crippen LogP contribution >= 0.6 is 11.6 Å². The maximum Gasteiger partial charge on any atom is 0.209 e. The number of halogens is 1. The SMILES string of the molecule is COc1ccc2c(c1)C(C)(C)C(C=CC=CC=CC=C1N(C)c3ccc(Cl)cc3C1(C)C)=[N+]2C. The van der Waals surface area contributed by atoms with Gasteiger partial charge in [-0.3, -0.25) is 0 Å². The standard InChI is InChI=1S/C30H34ClN2O/c1-29(2)23-19-21(31)15-17-25(23)32(5)27(29)13-11-9-8-10-12-14-28-30(3,4)24-20-22(34-7)16-18-26(24)33(28)6/h8-20H,1-7H3/q+1. The molecule has 0 spiro atoms. The summed E-state index contributed by atoms with van der Waals surface area (Å²) in [6, 6.07) is 12.4. The monoisotopic (exact) mass is 473 g/mol. The van der Waals surface area contributed by atoms with Crippen LogP contribution in [-0.4, -0.2) is 31.5 Å². The summed E-state index contributed by atoms with van der Waals surface area (Å²) in [5.41, 5.74) is 7.34. The summed E-state index contributed by atoms with van der Waals surface area (Å²) >= 11 is 6.26. The molecule has 0 amide bonds. The fourth-order valence-corrected chi connectivity index (χ4v) is 5.41. The molecule has 0 saturated carbocycles. The van der Waals surface area contributed by atoms with Crippen LogP contribution in [0.15, 0.2) is 84.6 Å². The number of ether oxygens (including phenoxy) is 1. The molecular formula is C30H34ClN2O+. The van der Waals surface area contributed by atoms with Gasteiger partial charge in [0.05, 0.1) is 12.5 Å². The normalized spacial score (nSPS) is 19.8. The molecule has 2 aromatic rings. The first-order valence-electron chi connectivity index (χ1n) is 11.6. The van der Waals surface area contributed by atoms with Gasteiger partial charge in [-0.2, -0.15) is 4.58 Å². The van der Waals surface area contributed by atoms with Crippen molar-refractivity contribution in [1.29, 1.82) is 0 Å². The van der Waals surface area contributed by atoms with Crippen molar-refractivity contribution in [3.8, 4) is 5.75 Å². The van der Waals surface area contributed by atoms with Crippen LogP contribution in [0.3, 0.4) is 0 Å². The summed E-state index contributed by atoms with van der Waals surface area (Å²) in [6.45, 7) is 9.01. The van der Waals surface area contributed by atoms with E-state index in [0.717, 1.165) is 10.8 Å². The molecule has 0 radical (unpaired) electrons. The lowest BCUT2D eigenvalue weighted by molar-refractivity contribution is -0.401. The van der Waals surface area contributed by atoms with E-state index in [0.29, 0.717) is 0 Å². The fraction of sp³-hybridized carbons (Fsp3) is 0.300. The largest absolute Gasteiger partial charge is 0.497 e. The van der Waals surface area contributed by atoms with Gasteiger partial charge in [0.1, 0.15) is 12.8 Å². The third-order valence-corrected chi connectivity index (χ3v) is 7.42. The van der Waals surface area contributed by atoms with Gasteiger partial charge in [-0.05, 0) is 55.8 Å². The van der Waals surface area contributed by atoms with Crippen molar-refractivity contribution < 1.29 is 9.31 Å². The van der Waals surface area contributed by atoms with Gasteiger partial charge in [0.25, 0.3) is 0 Å². The lowest BCUT2D eigenvalue weighted by Gasteiger charge is -2.23. The zero-order valence-corrected chi connectivity index (χ0v) is 21.9. The third kappa shape index (κ3) is 4.03. The average molecular weight is 474 g/mol. The minimum atomic E-state index is -0.0874. The quantitative estimate of drug-likeness (QED) is 0.333. The van der Waals surface area contributed by atoms with Crippen LogP contribution in [0.5, 0.6) is 5.75 Å². The second-order valence-electron chi connectivity index (χ2n) is 9.98. The summed E-state index contributed by atoms with van der Waals surface area (Å²) in [7, 11) is 5.96. The number of fused-ring (bicyclic) bond motifs is 2. The molecule has 0 fully saturated rings. The van der Waals surface area contributed by atoms with Gasteiger partial charge in [-0.15, -0.1) is 0 Å². The second kappa shape index (κ2) is 8.96. The summed E-state index contributed by atoms with van der Waals surface area (Å²) in [6.07, 6.45) is 14.8. The van der Waals surface area contributed by atoms with Crippen LogP contribution in [-0.2, 0) is 10.8 Å². The van der Waals surface area contributed by atoms with Crippen molar-refractivity contribution in [3.05, 3.63) is 101 Å². The van der Waals surface area contributed by atoms with E-state index in [4.69, 9.17) is 16.3 Å². The zero-order chi connectivity index (χ0) is 24.7. The van der Waals surface area contributed by atoms with E-state index in [1.54, 1.807) is 7.11 Å². The molecule has 0 unspecified atom stereocenters. The number of hydrogen-bond acceptors (Lipinski definition) is 2. The summed E-state index contributed by atoms with van der Waals surface area (Å²) in [5, 5.41) is 0.780. The van der Waals surface area contributed by atoms with Gasteiger partial charge in [0.15, 0.2) is 5.71 Å². The van der Waals surface area contributed by atoms with E-state index in [2.05, 4.69) is 118 Å². The highest BCUT2D eigenvalue weighted by molar-refractivity contribution is 6.30. The number of hydrogen-bond donors (Lipinski definition) is 0. The molecular weight excluding hydrogens is 440 g/mol. The number of methoxy groups -OCH3 is 1. The van der Waals surface area contributed by atoms with Crippen molar-refractivity contribution in [3.63, 3.8) is 0 Å². The third-order valence-electron chi connectivity index (χ3n) is 7.19. The van der Waals surface area contributed by atoms with Crippen LogP contribution in [0.2, 0.25) is 5.02 Å². The Morgan fingerprint density at radius 1 is 0.882 bits per heavy atom. The number of allylic oxidation sites excluding steroid dienone is 8. The lowest BCUT2D eigenvalue weighted by atomic mass is 9.81. The molecule has 4 heteroatoms. The molecule has 2 aliphatic heterocycles. The number of nitrogens with zero attached hydrogens (tertiary/aromatic N) is 2. The topological polar surface area (TPSA) is 15.5 Å². The van der Waals surface area contributed by atoms with E-state index in [1.807, 2.05) is 12.1 Å². The Morgan fingerprint density at radius 3 is 2.32 bits per heavy atom. The Balaban J connectivity index is 1.47. The van der Waals surface area contributed by atoms with E-state index in [-0.39, 0.29) is 10.8 Å². The molecule has 176 valence electrons. The zero-order valence-electron chi connectivity index (χ0n) is 21.2. The molecule has 2 heterocycles. The van der Waals surface area contributed by atoms with Crippen LogP contribution in [0.1, 0.15) is 38.8 Å². The van der Waals surface area contributed by atoms with Gasteiger partial charge in [-0.1, -0.05) is 55.8 Å². The van der Waals surface area contributed by atoms with Crippen LogP contribution in [0.25, 0.3) is 0 Å². The highest BCUT2D eigenvalue weighted by Crippen LogP contribution is 2.47. The van der Waals surface area contributed by atoms with Gasteiger partial charge >= 0.3 is 0 Å². The van der Waals surface area contributed by atoms with Crippen molar-refractivity contribution in [1.82, 2.24) is 0 Å². The van der Waals surface area contributed by atoms with Crippen molar-refractivity contribution in [2.24, 2.45) is 0 Å². The molecule has 2 aliphatic rings. The van der Waals surface area contributed by atoms with Crippen LogP contribution in [0, 0.1) is 0 Å². The van der Waals surface area contributed by atoms with Gasteiger partial charge in [0, 0.05) is 46.6 Å². The van der Waals surface area contributed by atoms with E-state index >= 15 is 0 Å².